The first kappa shape index (κ1) is 21.7. The molecule has 6 heteroatoms. The Bertz CT molecular complexity index is 615. The fraction of sp³-hybridized carbons (Fsp3) is 0.500. The Morgan fingerprint density at radius 3 is 2.19 bits per heavy atom. The molecule has 1 amide bonds. The maximum atomic E-state index is 12.1. The molecule has 0 unspecified atom stereocenters. The highest BCUT2D eigenvalue weighted by Crippen LogP contribution is 2.25. The molecule has 0 spiro atoms. The number of nitrogens with zero attached hydrogens (tertiary/aromatic N) is 2. The van der Waals surface area contributed by atoms with Gasteiger partial charge < -0.3 is 19.3 Å². The third kappa shape index (κ3) is 6.19. The number of aldehydes is 1. The van der Waals surface area contributed by atoms with Gasteiger partial charge in [0.15, 0.2) is 6.29 Å². The summed E-state index contributed by atoms with van der Waals surface area (Å²) in [5.41, 5.74) is 1.87. The van der Waals surface area contributed by atoms with E-state index in [1.165, 1.54) is 0 Å². The number of piperazine rings is 1. The summed E-state index contributed by atoms with van der Waals surface area (Å²) in [5.74, 6) is 0. The fourth-order valence-corrected chi connectivity index (χ4v) is 2.61. The Labute approximate surface area is 156 Å². The molecule has 1 aromatic rings. The zero-order valence-electron chi connectivity index (χ0n) is 16.4. The van der Waals surface area contributed by atoms with Crippen molar-refractivity contribution in [2.45, 2.75) is 26.4 Å². The first-order chi connectivity index (χ1) is 12.3. The summed E-state index contributed by atoms with van der Waals surface area (Å²) < 4.78 is 9.65. The Morgan fingerprint density at radius 1 is 1.15 bits per heavy atom. The number of hydrogen-bond acceptors (Lipinski definition) is 5. The van der Waals surface area contributed by atoms with Gasteiger partial charge in [-0.25, -0.2) is 4.79 Å². The number of hydrogen-bond donors (Lipinski definition) is 0. The van der Waals surface area contributed by atoms with Gasteiger partial charge in [0, 0.05) is 51.6 Å². The van der Waals surface area contributed by atoms with Crippen LogP contribution in [-0.4, -0.2) is 63.3 Å². The van der Waals surface area contributed by atoms with Gasteiger partial charge in [0.1, 0.15) is 5.60 Å². The van der Waals surface area contributed by atoms with Crippen LogP contribution in [0.25, 0.3) is 6.08 Å². The van der Waals surface area contributed by atoms with Gasteiger partial charge in [-0.15, -0.1) is 0 Å². The van der Waals surface area contributed by atoms with Crippen molar-refractivity contribution in [1.82, 2.24) is 4.90 Å². The summed E-state index contributed by atoms with van der Waals surface area (Å²) in [5, 5.41) is 0. The molecule has 0 aromatic heterocycles. The van der Waals surface area contributed by atoms with Gasteiger partial charge in [-0.05, 0) is 32.4 Å². The van der Waals surface area contributed by atoms with E-state index in [1.807, 2.05) is 39.0 Å². The lowest BCUT2D eigenvalue weighted by molar-refractivity contribution is 0.0240. The van der Waals surface area contributed by atoms with Crippen LogP contribution in [0.15, 0.2) is 24.8 Å². The van der Waals surface area contributed by atoms with E-state index in [9.17, 15) is 9.59 Å². The van der Waals surface area contributed by atoms with E-state index in [1.54, 1.807) is 25.2 Å². The summed E-state index contributed by atoms with van der Waals surface area (Å²) >= 11 is 0. The van der Waals surface area contributed by atoms with Crippen molar-refractivity contribution in [2.75, 3.05) is 45.3 Å². The highest BCUT2D eigenvalue weighted by molar-refractivity contribution is 5.90. The second-order valence-corrected chi connectivity index (χ2v) is 6.96. The van der Waals surface area contributed by atoms with Gasteiger partial charge in [-0.3, -0.25) is 4.79 Å². The molecule has 1 aliphatic rings. The van der Waals surface area contributed by atoms with E-state index in [-0.39, 0.29) is 6.09 Å². The minimum Gasteiger partial charge on any atom is -0.444 e. The van der Waals surface area contributed by atoms with Crippen molar-refractivity contribution in [3.05, 3.63) is 35.9 Å². The number of ether oxygens (including phenoxy) is 2. The Morgan fingerprint density at radius 2 is 1.73 bits per heavy atom. The van der Waals surface area contributed by atoms with Crippen molar-refractivity contribution in [2.24, 2.45) is 0 Å². The van der Waals surface area contributed by atoms with Gasteiger partial charge >= 0.3 is 6.09 Å². The predicted octanol–water partition coefficient (Wildman–Crippen LogP) is 3.46. The highest BCUT2D eigenvalue weighted by atomic mass is 16.6. The summed E-state index contributed by atoms with van der Waals surface area (Å²) in [6, 6.07) is 5.72. The van der Waals surface area contributed by atoms with Crippen LogP contribution < -0.4 is 4.90 Å². The summed E-state index contributed by atoms with van der Waals surface area (Å²) in [6.45, 7) is 11.8. The average molecular weight is 362 g/mol. The number of carbonyl (C=O) groups is 2. The lowest BCUT2D eigenvalue weighted by Crippen LogP contribution is -2.50. The maximum Gasteiger partial charge on any atom is 0.410 e. The molecule has 1 heterocycles. The van der Waals surface area contributed by atoms with E-state index < -0.39 is 5.60 Å². The standard InChI is InChI=1S/C18H24N2O3.C2H6O/c1-5-14-7-6-8-16(15(14)13-21)19-9-11-20(12-10-19)17(22)23-18(2,3)4;1-3-2/h5-8,13H,1,9-12H2,2-4H3;1-2H3. The van der Waals surface area contributed by atoms with Crippen molar-refractivity contribution in [3.8, 4) is 0 Å². The zero-order valence-corrected chi connectivity index (χ0v) is 16.4. The van der Waals surface area contributed by atoms with Crippen LogP contribution in [0, 0.1) is 0 Å². The first-order valence-electron chi connectivity index (χ1n) is 8.61. The van der Waals surface area contributed by atoms with Crippen LogP contribution in [0.5, 0.6) is 0 Å². The fourth-order valence-electron chi connectivity index (χ4n) is 2.61. The zero-order chi connectivity index (χ0) is 19.7. The monoisotopic (exact) mass is 362 g/mol. The lowest BCUT2D eigenvalue weighted by Gasteiger charge is -2.37. The average Bonchev–Trinajstić information content (AvgIpc) is 2.60. The van der Waals surface area contributed by atoms with E-state index in [4.69, 9.17) is 4.74 Å². The molecular weight excluding hydrogens is 332 g/mol. The second-order valence-electron chi connectivity index (χ2n) is 6.96. The highest BCUT2D eigenvalue weighted by Gasteiger charge is 2.26. The molecule has 0 radical (unpaired) electrons. The molecule has 0 bridgehead atoms. The Kier molecular flexibility index (Phi) is 8.32. The SMILES string of the molecule is C=Cc1cccc(N2CCN(C(=O)OC(C)(C)C)CC2)c1C=O.COC. The Balaban J connectivity index is 0.00000105. The lowest BCUT2D eigenvalue weighted by atomic mass is 10.0. The minimum atomic E-state index is -0.489. The quantitative estimate of drug-likeness (QED) is 0.771. The molecule has 1 aliphatic heterocycles. The molecule has 2 rings (SSSR count). The molecule has 6 nitrogen and oxygen atoms in total. The smallest absolute Gasteiger partial charge is 0.410 e. The van der Waals surface area contributed by atoms with Gasteiger partial charge in [0.05, 0.1) is 0 Å². The number of rotatable bonds is 3. The number of methoxy groups -OCH3 is 1. The molecule has 1 saturated heterocycles. The predicted molar refractivity (Wildman–Crippen MR) is 105 cm³/mol. The molecule has 0 aliphatic carbocycles. The molecule has 0 atom stereocenters. The largest absolute Gasteiger partial charge is 0.444 e. The third-order valence-corrected chi connectivity index (χ3v) is 3.73. The van der Waals surface area contributed by atoms with Gasteiger partial charge in [0.25, 0.3) is 0 Å². The third-order valence-electron chi connectivity index (χ3n) is 3.73. The number of benzene rings is 1. The van der Waals surface area contributed by atoms with Crippen molar-refractivity contribution < 1.29 is 19.1 Å². The number of carbonyl (C=O) groups excluding carboxylic acids is 2. The summed E-state index contributed by atoms with van der Waals surface area (Å²) in [4.78, 5) is 27.3. The molecule has 0 N–H and O–H groups in total. The molecular formula is C20H30N2O4. The maximum absolute atomic E-state index is 12.1. The minimum absolute atomic E-state index is 0.285. The molecule has 144 valence electrons. The van der Waals surface area contributed by atoms with Crippen LogP contribution in [0.1, 0.15) is 36.7 Å². The number of anilines is 1. The van der Waals surface area contributed by atoms with Crippen LogP contribution in [0.4, 0.5) is 10.5 Å². The first-order valence-corrected chi connectivity index (χ1v) is 8.61. The normalized spacial score (nSPS) is 14.2. The van der Waals surface area contributed by atoms with Crippen LogP contribution >= 0.6 is 0 Å². The topological polar surface area (TPSA) is 59.1 Å². The van der Waals surface area contributed by atoms with Crippen molar-refractivity contribution in [3.63, 3.8) is 0 Å². The van der Waals surface area contributed by atoms with E-state index in [0.717, 1.165) is 17.5 Å². The molecule has 26 heavy (non-hydrogen) atoms. The van der Waals surface area contributed by atoms with Crippen molar-refractivity contribution in [1.29, 1.82) is 0 Å². The van der Waals surface area contributed by atoms with Gasteiger partial charge in [-0.2, -0.15) is 0 Å². The molecule has 1 fully saturated rings. The number of amides is 1. The summed E-state index contributed by atoms with van der Waals surface area (Å²) in [7, 11) is 3.25. The molecule has 1 aromatic carbocycles. The van der Waals surface area contributed by atoms with E-state index in [0.29, 0.717) is 31.7 Å². The van der Waals surface area contributed by atoms with Gasteiger partial charge in [0.2, 0.25) is 0 Å². The molecule has 0 saturated carbocycles. The Hall–Kier alpha value is -2.34. The van der Waals surface area contributed by atoms with Crippen LogP contribution in [0.2, 0.25) is 0 Å². The van der Waals surface area contributed by atoms with Gasteiger partial charge in [-0.1, -0.05) is 24.8 Å². The van der Waals surface area contributed by atoms with Crippen molar-refractivity contribution >= 4 is 24.1 Å². The van der Waals surface area contributed by atoms with Crippen LogP contribution in [0.3, 0.4) is 0 Å². The summed E-state index contributed by atoms with van der Waals surface area (Å²) in [6.07, 6.45) is 2.27. The van der Waals surface area contributed by atoms with E-state index in [2.05, 4.69) is 16.2 Å². The van der Waals surface area contributed by atoms with E-state index >= 15 is 0 Å². The second kappa shape index (κ2) is 9.97. The van der Waals surface area contributed by atoms with Crippen LogP contribution in [-0.2, 0) is 9.47 Å².